The van der Waals surface area contributed by atoms with Crippen LogP contribution in [0.2, 0.25) is 5.28 Å². The zero-order chi connectivity index (χ0) is 15.4. The fourth-order valence-electron chi connectivity index (χ4n) is 1.49. The Balaban J connectivity index is 2.47. The minimum absolute atomic E-state index is 0.0446. The summed E-state index contributed by atoms with van der Waals surface area (Å²) in [5.74, 6) is -1.02. The second kappa shape index (κ2) is 6.23. The highest BCUT2D eigenvalue weighted by atomic mass is 35.5. The van der Waals surface area contributed by atoms with Crippen LogP contribution in [0.25, 0.3) is 0 Å². The lowest BCUT2D eigenvalue weighted by molar-refractivity contribution is 0.0693. The summed E-state index contributed by atoms with van der Waals surface area (Å²) >= 11 is 5.70. The quantitative estimate of drug-likeness (QED) is 0.894. The molecule has 8 nitrogen and oxygen atoms in total. The van der Waals surface area contributed by atoms with Gasteiger partial charge in [0.25, 0.3) is 0 Å². The number of nitrogens with zero attached hydrogens (tertiary/aromatic N) is 3. The zero-order valence-corrected chi connectivity index (χ0v) is 11.8. The summed E-state index contributed by atoms with van der Waals surface area (Å²) < 4.78 is 15.3. The van der Waals surface area contributed by atoms with Crippen molar-refractivity contribution in [2.45, 2.75) is 0 Å². The van der Waals surface area contributed by atoms with Gasteiger partial charge in [-0.15, -0.1) is 4.98 Å². The van der Waals surface area contributed by atoms with E-state index >= 15 is 0 Å². The first-order valence-corrected chi connectivity index (χ1v) is 5.96. The molecule has 0 amide bonds. The summed E-state index contributed by atoms with van der Waals surface area (Å²) in [7, 11) is 2.73. The summed E-state index contributed by atoms with van der Waals surface area (Å²) in [6, 6.07) is 4.16. The van der Waals surface area contributed by atoms with Gasteiger partial charge in [0.1, 0.15) is 5.56 Å². The molecule has 9 heteroatoms. The molecule has 110 valence electrons. The first-order chi connectivity index (χ1) is 10.0. The highest BCUT2D eigenvalue weighted by Gasteiger charge is 2.19. The van der Waals surface area contributed by atoms with Crippen molar-refractivity contribution < 1.29 is 24.1 Å². The first kappa shape index (κ1) is 14.8. The average Bonchev–Trinajstić information content (AvgIpc) is 2.46. The standard InChI is InChI=1S/C12H10ClN3O5/c1-19-7-5-3-4-6(9(17)18)8(7)21-12-15-10(13)14-11(16-12)20-2/h3-5H,1-2H3,(H,17,18). The molecule has 0 aliphatic carbocycles. The molecule has 21 heavy (non-hydrogen) atoms. The number of halogens is 1. The van der Waals surface area contributed by atoms with Gasteiger partial charge in [0.2, 0.25) is 5.28 Å². The number of hydrogen-bond donors (Lipinski definition) is 1. The molecule has 1 N–H and O–H groups in total. The number of benzene rings is 1. The minimum Gasteiger partial charge on any atom is -0.493 e. The van der Waals surface area contributed by atoms with E-state index in [0.29, 0.717) is 0 Å². The number of para-hydroxylation sites is 1. The maximum absolute atomic E-state index is 11.2. The van der Waals surface area contributed by atoms with Crippen molar-refractivity contribution >= 4 is 17.6 Å². The average molecular weight is 312 g/mol. The van der Waals surface area contributed by atoms with Crippen LogP contribution < -0.4 is 14.2 Å². The number of carbonyl (C=O) groups is 1. The Kier molecular flexibility index (Phi) is 4.39. The van der Waals surface area contributed by atoms with Gasteiger partial charge in [0.05, 0.1) is 14.2 Å². The molecular weight excluding hydrogens is 302 g/mol. The van der Waals surface area contributed by atoms with E-state index < -0.39 is 5.97 Å². The lowest BCUT2D eigenvalue weighted by Gasteiger charge is -2.11. The van der Waals surface area contributed by atoms with Crippen LogP contribution in [0.15, 0.2) is 18.2 Å². The Labute approximate surface area is 124 Å². The van der Waals surface area contributed by atoms with E-state index in [1.54, 1.807) is 6.07 Å². The van der Waals surface area contributed by atoms with Gasteiger partial charge in [-0.3, -0.25) is 0 Å². The Morgan fingerprint density at radius 1 is 1.14 bits per heavy atom. The van der Waals surface area contributed by atoms with Gasteiger partial charge in [-0.25, -0.2) is 4.79 Å². The largest absolute Gasteiger partial charge is 0.493 e. The molecule has 0 atom stereocenters. The Hall–Kier alpha value is -2.61. The van der Waals surface area contributed by atoms with Gasteiger partial charge in [-0.2, -0.15) is 9.97 Å². The first-order valence-electron chi connectivity index (χ1n) is 5.59. The van der Waals surface area contributed by atoms with Crippen molar-refractivity contribution in [1.29, 1.82) is 0 Å². The van der Waals surface area contributed by atoms with Crippen LogP contribution in [-0.2, 0) is 0 Å². The van der Waals surface area contributed by atoms with E-state index in [1.807, 2.05) is 0 Å². The third-order valence-corrected chi connectivity index (χ3v) is 2.54. The van der Waals surface area contributed by atoms with Gasteiger partial charge < -0.3 is 19.3 Å². The molecular formula is C12H10ClN3O5. The second-order valence-corrected chi connectivity index (χ2v) is 3.96. The SMILES string of the molecule is COc1nc(Cl)nc(Oc2c(OC)cccc2C(=O)O)n1. The third-order valence-electron chi connectivity index (χ3n) is 2.37. The monoisotopic (exact) mass is 311 g/mol. The second-order valence-electron chi connectivity index (χ2n) is 3.62. The number of hydrogen-bond acceptors (Lipinski definition) is 7. The van der Waals surface area contributed by atoms with Crippen LogP contribution >= 0.6 is 11.6 Å². The summed E-state index contributed by atoms with van der Waals surface area (Å²) in [5.41, 5.74) is -0.107. The molecule has 2 aromatic rings. The summed E-state index contributed by atoms with van der Waals surface area (Å²) in [4.78, 5) is 22.5. The topological polar surface area (TPSA) is 104 Å². The molecule has 2 rings (SSSR count). The van der Waals surface area contributed by atoms with Crippen LogP contribution in [0.5, 0.6) is 23.5 Å². The van der Waals surface area contributed by atoms with Crippen LogP contribution in [-0.4, -0.2) is 40.2 Å². The van der Waals surface area contributed by atoms with Crippen LogP contribution in [0.1, 0.15) is 10.4 Å². The van der Waals surface area contributed by atoms with Crippen molar-refractivity contribution in [3.05, 3.63) is 29.0 Å². The van der Waals surface area contributed by atoms with E-state index in [9.17, 15) is 9.90 Å². The highest BCUT2D eigenvalue weighted by molar-refractivity contribution is 6.28. The zero-order valence-electron chi connectivity index (χ0n) is 11.0. The third kappa shape index (κ3) is 3.29. The number of carboxylic acid groups (broad SMARTS) is 1. The lowest BCUT2D eigenvalue weighted by Crippen LogP contribution is -2.04. The van der Waals surface area contributed by atoms with E-state index in [1.165, 1.54) is 26.4 Å². The van der Waals surface area contributed by atoms with E-state index in [0.717, 1.165) is 0 Å². The van der Waals surface area contributed by atoms with Gasteiger partial charge in [0.15, 0.2) is 11.5 Å². The van der Waals surface area contributed by atoms with E-state index in [4.69, 9.17) is 25.8 Å². The van der Waals surface area contributed by atoms with Crippen LogP contribution in [0.4, 0.5) is 0 Å². The van der Waals surface area contributed by atoms with Gasteiger partial charge in [0, 0.05) is 0 Å². The van der Waals surface area contributed by atoms with Crippen molar-refractivity contribution in [2.75, 3.05) is 14.2 Å². The molecule has 0 saturated heterocycles. The van der Waals surface area contributed by atoms with Gasteiger partial charge >= 0.3 is 18.0 Å². The van der Waals surface area contributed by atoms with Gasteiger partial charge in [-0.05, 0) is 23.7 Å². The van der Waals surface area contributed by atoms with E-state index in [-0.39, 0.29) is 34.4 Å². The highest BCUT2D eigenvalue weighted by Crippen LogP contribution is 2.34. The lowest BCUT2D eigenvalue weighted by atomic mass is 10.2. The number of carboxylic acids is 1. The van der Waals surface area contributed by atoms with Crippen LogP contribution in [0.3, 0.4) is 0 Å². The minimum atomic E-state index is -1.18. The Morgan fingerprint density at radius 3 is 2.48 bits per heavy atom. The molecule has 0 bridgehead atoms. The molecule has 0 radical (unpaired) electrons. The molecule has 0 fully saturated rings. The number of aromatic carboxylic acids is 1. The number of ether oxygens (including phenoxy) is 3. The summed E-state index contributed by atoms with van der Waals surface area (Å²) in [6.07, 6.45) is 0. The Morgan fingerprint density at radius 2 is 1.86 bits per heavy atom. The van der Waals surface area contributed by atoms with Crippen LogP contribution in [0, 0.1) is 0 Å². The molecule has 0 aliphatic rings. The molecule has 1 aromatic carbocycles. The van der Waals surface area contributed by atoms with Crippen molar-refractivity contribution in [2.24, 2.45) is 0 Å². The maximum Gasteiger partial charge on any atom is 0.339 e. The molecule has 1 heterocycles. The van der Waals surface area contributed by atoms with Crippen molar-refractivity contribution in [1.82, 2.24) is 15.0 Å². The molecule has 0 unspecified atom stereocenters. The predicted molar refractivity (Wildman–Crippen MR) is 71.4 cm³/mol. The molecule has 0 aliphatic heterocycles. The normalized spacial score (nSPS) is 10.0. The summed E-state index contributed by atoms with van der Waals surface area (Å²) in [5, 5.41) is 9.03. The summed E-state index contributed by atoms with van der Waals surface area (Å²) in [6.45, 7) is 0. The van der Waals surface area contributed by atoms with Crippen molar-refractivity contribution in [3.63, 3.8) is 0 Å². The smallest absolute Gasteiger partial charge is 0.339 e. The van der Waals surface area contributed by atoms with Gasteiger partial charge in [-0.1, -0.05) is 6.07 Å². The number of aromatic nitrogens is 3. The van der Waals surface area contributed by atoms with E-state index in [2.05, 4.69) is 15.0 Å². The number of methoxy groups -OCH3 is 2. The fraction of sp³-hybridized carbons (Fsp3) is 0.167. The molecule has 0 spiro atoms. The number of rotatable bonds is 5. The van der Waals surface area contributed by atoms with Crippen molar-refractivity contribution in [3.8, 4) is 23.5 Å². The molecule has 0 saturated carbocycles. The maximum atomic E-state index is 11.2. The fourth-order valence-corrected chi connectivity index (χ4v) is 1.64. The molecule has 1 aromatic heterocycles. The predicted octanol–water partition coefficient (Wildman–Crippen LogP) is 2.03. The Bertz CT molecular complexity index is 680.